The molecular weight excluding hydrogens is 640 g/mol. The van der Waals surface area contributed by atoms with Crippen LogP contribution in [0.4, 0.5) is 0 Å². The van der Waals surface area contributed by atoms with Crippen molar-refractivity contribution in [3.05, 3.63) is 23.3 Å². The van der Waals surface area contributed by atoms with E-state index >= 15 is 0 Å². The van der Waals surface area contributed by atoms with Crippen LogP contribution in [0, 0.1) is 56.7 Å². The van der Waals surface area contributed by atoms with Gasteiger partial charge in [0.15, 0.2) is 0 Å². The second kappa shape index (κ2) is 12.3. The van der Waals surface area contributed by atoms with Gasteiger partial charge in [-0.3, -0.25) is 4.79 Å². The topological polar surface area (TPSA) is 108 Å². The standard InChI is InChI=1S/C39H61ClN4O5/c1-24(2)25(3)34(4)13-14-36(6)26-9-10-29-35(5)20-48-22-39(29,27(26)11-12-37(36,7)30(34)32(45)46)19-28(44-33(40)42-23-43-44)31(35)49-21-38(41-8)15-17-47-18-16-38/h11,23-26,28-31,41H,9-10,12-22H2,1-8H3,(H,45,46)/t25-,26+,28-,29+,30-,31+,34-,35-,36-,37+,39+/m1/s1. The maximum Gasteiger partial charge on any atom is 0.307 e. The van der Waals surface area contributed by atoms with Gasteiger partial charge in [-0.25, -0.2) is 9.67 Å². The van der Waals surface area contributed by atoms with Gasteiger partial charge in [-0.05, 0) is 110 Å². The number of nitrogens with zero attached hydrogens (tertiary/aromatic N) is 3. The van der Waals surface area contributed by atoms with E-state index in [2.05, 4.69) is 64.8 Å². The summed E-state index contributed by atoms with van der Waals surface area (Å²) in [6.07, 6.45) is 11.4. The van der Waals surface area contributed by atoms with Crippen molar-refractivity contribution in [1.82, 2.24) is 20.1 Å². The molecule has 2 N–H and O–H groups in total. The average Bonchev–Trinajstić information content (AvgIpc) is 3.49. The second-order valence-electron chi connectivity index (χ2n) is 18.5. The molecule has 3 heterocycles. The van der Waals surface area contributed by atoms with E-state index in [0.29, 0.717) is 48.8 Å². The van der Waals surface area contributed by atoms with Crippen LogP contribution in [0.15, 0.2) is 18.0 Å². The summed E-state index contributed by atoms with van der Waals surface area (Å²) in [5.74, 6) is 0.379. The Kier molecular flexibility index (Phi) is 8.99. The smallest absolute Gasteiger partial charge is 0.307 e. The van der Waals surface area contributed by atoms with Crippen molar-refractivity contribution in [1.29, 1.82) is 0 Å². The highest BCUT2D eigenvalue weighted by atomic mass is 35.5. The predicted molar refractivity (Wildman–Crippen MR) is 189 cm³/mol. The zero-order chi connectivity index (χ0) is 35.2. The van der Waals surface area contributed by atoms with Gasteiger partial charge in [-0.2, -0.15) is 5.10 Å². The van der Waals surface area contributed by atoms with Gasteiger partial charge in [0.1, 0.15) is 6.33 Å². The Morgan fingerprint density at radius 3 is 2.45 bits per heavy atom. The molecule has 10 heteroatoms. The first kappa shape index (κ1) is 35.9. The van der Waals surface area contributed by atoms with E-state index in [1.807, 2.05) is 11.7 Å². The van der Waals surface area contributed by atoms with Crippen LogP contribution in [-0.2, 0) is 19.0 Å². The Bertz CT molecular complexity index is 1460. The largest absolute Gasteiger partial charge is 0.481 e. The van der Waals surface area contributed by atoms with E-state index in [1.165, 1.54) is 5.57 Å². The highest BCUT2D eigenvalue weighted by molar-refractivity contribution is 6.28. The summed E-state index contributed by atoms with van der Waals surface area (Å²) in [7, 11) is 2.04. The van der Waals surface area contributed by atoms with Crippen molar-refractivity contribution in [2.45, 2.75) is 118 Å². The lowest BCUT2D eigenvalue weighted by atomic mass is 9.34. The summed E-state index contributed by atoms with van der Waals surface area (Å²) in [4.78, 5) is 17.8. The molecule has 6 aliphatic rings. The second-order valence-corrected chi connectivity index (χ2v) is 18.8. The van der Waals surface area contributed by atoms with E-state index < -0.39 is 11.9 Å². The Balaban J connectivity index is 1.30. The molecule has 49 heavy (non-hydrogen) atoms. The zero-order valence-electron chi connectivity index (χ0n) is 31.2. The number of ether oxygens (including phenoxy) is 3. The zero-order valence-corrected chi connectivity index (χ0v) is 31.9. The third-order valence-corrected chi connectivity index (χ3v) is 16.7. The molecule has 274 valence electrons. The van der Waals surface area contributed by atoms with E-state index in [1.54, 1.807) is 6.33 Å². The fourth-order valence-electron chi connectivity index (χ4n) is 13.1. The van der Waals surface area contributed by atoms with Crippen molar-refractivity contribution < 1.29 is 24.1 Å². The van der Waals surface area contributed by atoms with Gasteiger partial charge < -0.3 is 24.6 Å². The van der Waals surface area contributed by atoms with E-state index in [4.69, 9.17) is 30.9 Å². The van der Waals surface area contributed by atoms with Gasteiger partial charge in [0.2, 0.25) is 5.28 Å². The molecule has 2 bridgehead atoms. The number of hydrogen-bond donors (Lipinski definition) is 2. The van der Waals surface area contributed by atoms with Gasteiger partial charge in [0.05, 0.1) is 37.9 Å². The molecular formula is C39H61ClN4O5. The first-order valence-electron chi connectivity index (χ1n) is 19.1. The molecule has 7 rings (SSSR count). The molecule has 1 aromatic heterocycles. The molecule has 2 aliphatic heterocycles. The van der Waals surface area contributed by atoms with Crippen molar-refractivity contribution >= 4 is 17.6 Å². The Morgan fingerprint density at radius 2 is 1.82 bits per heavy atom. The number of hydrogen-bond acceptors (Lipinski definition) is 7. The highest BCUT2D eigenvalue weighted by Gasteiger charge is 2.72. The van der Waals surface area contributed by atoms with Gasteiger partial charge in [-0.15, -0.1) is 0 Å². The SMILES string of the molecule is CNC1(CO[C@H]2[C@H](n3ncnc3Cl)C[C@@]34COC[C@]2(C)[C@@H]3CC[C@H]2C4=CC[C@@]3(C)[C@H](C(=O)O)[C@@](C)([C@H](C)C(C)C)CC[C@]23C)CCOCC1. The van der Waals surface area contributed by atoms with Crippen LogP contribution in [0.25, 0.3) is 0 Å². The average molecular weight is 701 g/mol. The van der Waals surface area contributed by atoms with Crippen LogP contribution in [0.3, 0.4) is 0 Å². The predicted octanol–water partition coefficient (Wildman–Crippen LogP) is 7.21. The number of aliphatic carboxylic acids is 1. The monoisotopic (exact) mass is 700 g/mol. The first-order chi connectivity index (χ1) is 23.1. The fraction of sp³-hybridized carbons (Fsp3) is 0.872. The molecule has 1 aromatic rings. The molecule has 0 spiro atoms. The number of nitrogens with one attached hydrogen (secondary N) is 1. The molecule has 0 radical (unpaired) electrons. The Labute approximate surface area is 298 Å². The van der Waals surface area contributed by atoms with Crippen molar-refractivity contribution in [2.24, 2.45) is 56.7 Å². The van der Waals surface area contributed by atoms with Crippen LogP contribution in [0.5, 0.6) is 0 Å². The number of fused-ring (bicyclic) bond motifs is 3. The van der Waals surface area contributed by atoms with Crippen LogP contribution in [0.1, 0.15) is 106 Å². The summed E-state index contributed by atoms with van der Waals surface area (Å²) in [5.41, 5.74) is 0.138. The van der Waals surface area contributed by atoms with Gasteiger partial charge in [0.25, 0.3) is 0 Å². The molecule has 0 amide bonds. The van der Waals surface area contributed by atoms with Gasteiger partial charge >= 0.3 is 5.97 Å². The Hall–Kier alpha value is -1.52. The van der Waals surface area contributed by atoms with E-state index in [-0.39, 0.29) is 44.8 Å². The van der Waals surface area contributed by atoms with Crippen LogP contribution < -0.4 is 5.32 Å². The van der Waals surface area contributed by atoms with Crippen LogP contribution >= 0.6 is 11.6 Å². The fourth-order valence-corrected chi connectivity index (χ4v) is 13.3. The lowest BCUT2D eigenvalue weighted by Crippen LogP contribution is -2.69. The van der Waals surface area contributed by atoms with Gasteiger partial charge in [0, 0.05) is 29.6 Å². The summed E-state index contributed by atoms with van der Waals surface area (Å²) in [5, 5.41) is 19.8. The summed E-state index contributed by atoms with van der Waals surface area (Å²) in [6, 6.07) is -0.108. The first-order valence-corrected chi connectivity index (χ1v) is 19.4. The number of halogens is 1. The maximum absolute atomic E-state index is 13.5. The lowest BCUT2D eigenvalue weighted by molar-refractivity contribution is -0.253. The van der Waals surface area contributed by atoms with Crippen LogP contribution in [-0.4, -0.2) is 77.6 Å². The van der Waals surface area contributed by atoms with Crippen molar-refractivity contribution in [3.8, 4) is 0 Å². The highest BCUT2D eigenvalue weighted by Crippen LogP contribution is 2.75. The number of carbonyl (C=O) groups is 1. The quantitative estimate of drug-likeness (QED) is 0.274. The normalized spacial score (nSPS) is 45.1. The Morgan fingerprint density at radius 1 is 1.08 bits per heavy atom. The third-order valence-electron chi connectivity index (χ3n) is 16.5. The maximum atomic E-state index is 13.5. The lowest BCUT2D eigenvalue weighted by Gasteiger charge is -2.71. The number of carboxylic acid groups (broad SMARTS) is 1. The molecule has 9 nitrogen and oxygen atoms in total. The molecule has 2 saturated heterocycles. The molecule has 0 unspecified atom stereocenters. The number of likely N-dealkylation sites (N-methyl/N-ethyl adjacent to an activating group) is 1. The summed E-state index contributed by atoms with van der Waals surface area (Å²) >= 11 is 6.81. The van der Waals surface area contributed by atoms with Crippen molar-refractivity contribution in [2.75, 3.05) is 40.1 Å². The molecule has 3 saturated carbocycles. The number of carboxylic acids is 1. The minimum Gasteiger partial charge on any atom is -0.481 e. The minimum absolute atomic E-state index is 0.108. The van der Waals surface area contributed by atoms with Gasteiger partial charge in [-0.1, -0.05) is 60.1 Å². The van der Waals surface area contributed by atoms with E-state index in [0.717, 1.165) is 64.6 Å². The molecule has 4 aliphatic carbocycles. The number of aromatic nitrogens is 3. The summed E-state index contributed by atoms with van der Waals surface area (Å²) in [6.45, 7) is 19.6. The third kappa shape index (κ3) is 5.01. The van der Waals surface area contributed by atoms with E-state index in [9.17, 15) is 9.90 Å². The molecule has 5 fully saturated rings. The van der Waals surface area contributed by atoms with Crippen LogP contribution in [0.2, 0.25) is 5.28 Å². The molecule has 11 atom stereocenters. The number of allylic oxidation sites excluding steroid dienone is 1. The van der Waals surface area contributed by atoms with Crippen molar-refractivity contribution in [3.63, 3.8) is 0 Å². The number of rotatable bonds is 8. The molecule has 0 aromatic carbocycles. The summed E-state index contributed by atoms with van der Waals surface area (Å²) < 4.78 is 21.6. The minimum atomic E-state index is -0.622.